The molecule has 5 nitrogen and oxygen atoms in total. The minimum absolute atomic E-state index is 0.0802. The quantitative estimate of drug-likeness (QED) is 0.732. The molecular formula is C15H20O5. The molecule has 2 aliphatic carbocycles. The van der Waals surface area contributed by atoms with Gasteiger partial charge in [-0.2, -0.15) is 0 Å². The van der Waals surface area contributed by atoms with Gasteiger partial charge in [-0.1, -0.05) is 13.8 Å². The van der Waals surface area contributed by atoms with Crippen molar-refractivity contribution in [3.05, 3.63) is 0 Å². The summed E-state index contributed by atoms with van der Waals surface area (Å²) in [4.78, 5) is 24.1. The summed E-state index contributed by atoms with van der Waals surface area (Å²) in [6.07, 6.45) is 2.01. The van der Waals surface area contributed by atoms with Crippen LogP contribution in [0.2, 0.25) is 0 Å². The van der Waals surface area contributed by atoms with Crippen molar-refractivity contribution in [3.63, 3.8) is 0 Å². The van der Waals surface area contributed by atoms with E-state index in [2.05, 4.69) is 13.8 Å². The molecule has 2 saturated heterocycles. The first kappa shape index (κ1) is 12.6. The number of ether oxygens (including phenoxy) is 2. The van der Waals surface area contributed by atoms with Crippen LogP contribution in [-0.4, -0.2) is 29.9 Å². The van der Waals surface area contributed by atoms with E-state index in [4.69, 9.17) is 9.47 Å². The van der Waals surface area contributed by atoms with Gasteiger partial charge in [-0.3, -0.25) is 9.59 Å². The Hall–Kier alpha value is -1.10. The predicted octanol–water partition coefficient (Wildman–Crippen LogP) is 1.24. The summed E-state index contributed by atoms with van der Waals surface area (Å²) in [5, 5.41) is 9.90. The summed E-state index contributed by atoms with van der Waals surface area (Å²) in [7, 11) is 0. The Morgan fingerprint density at radius 3 is 2.70 bits per heavy atom. The molecule has 4 rings (SSSR count). The molecule has 110 valence electrons. The molecule has 6 atom stereocenters. The zero-order valence-electron chi connectivity index (χ0n) is 11.8. The van der Waals surface area contributed by atoms with Gasteiger partial charge in [-0.05, 0) is 36.0 Å². The number of hydrogen-bond acceptors (Lipinski definition) is 5. The van der Waals surface area contributed by atoms with E-state index in [1.165, 1.54) is 0 Å². The molecule has 20 heavy (non-hydrogen) atoms. The highest BCUT2D eigenvalue weighted by Crippen LogP contribution is 2.77. The molecule has 1 N–H and O–H groups in total. The van der Waals surface area contributed by atoms with E-state index in [-0.39, 0.29) is 41.2 Å². The molecule has 4 aliphatic rings. The fourth-order valence-corrected chi connectivity index (χ4v) is 6.18. The number of carbonyl (C=O) groups is 2. The molecule has 2 heterocycles. The van der Waals surface area contributed by atoms with Gasteiger partial charge in [0.2, 0.25) is 0 Å². The van der Waals surface area contributed by atoms with Crippen molar-refractivity contribution >= 4 is 11.9 Å². The Morgan fingerprint density at radius 2 is 2.00 bits per heavy atom. The summed E-state index contributed by atoms with van der Waals surface area (Å²) < 4.78 is 10.8. The van der Waals surface area contributed by atoms with Gasteiger partial charge >= 0.3 is 11.9 Å². The van der Waals surface area contributed by atoms with Crippen molar-refractivity contribution in [2.24, 2.45) is 28.1 Å². The largest absolute Gasteiger partial charge is 0.424 e. The lowest BCUT2D eigenvalue weighted by Gasteiger charge is -2.48. The van der Waals surface area contributed by atoms with Crippen LogP contribution in [0.25, 0.3) is 0 Å². The van der Waals surface area contributed by atoms with Crippen LogP contribution in [0.15, 0.2) is 0 Å². The maximum atomic E-state index is 12.2. The van der Waals surface area contributed by atoms with Gasteiger partial charge in [-0.15, -0.1) is 0 Å². The number of aliphatic hydroxyl groups excluding tert-OH is 1. The Kier molecular flexibility index (Phi) is 2.13. The van der Waals surface area contributed by atoms with Crippen LogP contribution >= 0.6 is 0 Å². The average Bonchev–Trinajstić information content (AvgIpc) is 2.92. The molecular weight excluding hydrogens is 260 g/mol. The molecule has 2 aliphatic heterocycles. The summed E-state index contributed by atoms with van der Waals surface area (Å²) in [6.45, 7) is 4.23. The molecule has 0 aromatic rings. The van der Waals surface area contributed by atoms with Gasteiger partial charge in [-0.25, -0.2) is 0 Å². The van der Waals surface area contributed by atoms with Crippen molar-refractivity contribution in [2.75, 3.05) is 6.61 Å². The zero-order valence-corrected chi connectivity index (χ0v) is 11.8. The second-order valence-corrected chi connectivity index (χ2v) is 7.60. The van der Waals surface area contributed by atoms with Crippen LogP contribution in [0, 0.1) is 28.1 Å². The highest BCUT2D eigenvalue weighted by atomic mass is 16.7. The summed E-state index contributed by atoms with van der Waals surface area (Å²) in [5.74, 6) is -0.506. The van der Waals surface area contributed by atoms with Crippen molar-refractivity contribution < 1.29 is 24.2 Å². The van der Waals surface area contributed by atoms with Crippen LogP contribution < -0.4 is 0 Å². The van der Waals surface area contributed by atoms with Crippen molar-refractivity contribution in [2.45, 2.75) is 45.8 Å². The molecule has 0 bridgehead atoms. The highest BCUT2D eigenvalue weighted by molar-refractivity contribution is 5.80. The monoisotopic (exact) mass is 280 g/mol. The fourth-order valence-electron chi connectivity index (χ4n) is 6.18. The Balaban J connectivity index is 1.94. The smallest absolute Gasteiger partial charge is 0.312 e. The molecule has 5 heteroatoms. The number of esters is 2. The summed E-state index contributed by atoms with van der Waals surface area (Å²) in [6, 6.07) is 0. The Bertz CT molecular complexity index is 514. The third-order valence-corrected chi connectivity index (χ3v) is 6.61. The number of rotatable bonds is 1. The number of hydrogen-bond donors (Lipinski definition) is 1. The van der Waals surface area contributed by atoms with Gasteiger partial charge in [0.05, 0.1) is 17.8 Å². The van der Waals surface area contributed by atoms with E-state index in [9.17, 15) is 14.7 Å². The van der Waals surface area contributed by atoms with Crippen LogP contribution in [0.5, 0.6) is 0 Å². The van der Waals surface area contributed by atoms with Crippen molar-refractivity contribution in [3.8, 4) is 0 Å². The van der Waals surface area contributed by atoms with Gasteiger partial charge in [0.1, 0.15) is 0 Å². The maximum Gasteiger partial charge on any atom is 0.312 e. The number of carbonyl (C=O) groups excluding carboxylic acids is 2. The minimum Gasteiger partial charge on any atom is -0.424 e. The fraction of sp³-hybridized carbons (Fsp3) is 0.867. The van der Waals surface area contributed by atoms with E-state index in [0.717, 1.165) is 19.3 Å². The Morgan fingerprint density at radius 1 is 1.25 bits per heavy atom. The minimum atomic E-state index is -0.743. The SMILES string of the molecule is C[C@]1(CO)C[C@]2(C)CC(=O)OC3OC(=O)[C@@H]4CC[C@@H]1[C@]342. The predicted molar refractivity (Wildman–Crippen MR) is 67.2 cm³/mol. The molecule has 0 radical (unpaired) electrons. The second kappa shape index (κ2) is 3.38. The average molecular weight is 280 g/mol. The van der Waals surface area contributed by atoms with Crippen molar-refractivity contribution in [1.29, 1.82) is 0 Å². The van der Waals surface area contributed by atoms with Crippen molar-refractivity contribution in [1.82, 2.24) is 0 Å². The maximum absolute atomic E-state index is 12.2. The van der Waals surface area contributed by atoms with E-state index in [1.54, 1.807) is 0 Å². The standard InChI is InChI=1S/C15H20O5/c1-13(7-16)6-14(2)5-10(17)19-12-15(14)8(11(18)20-12)3-4-9(13)15/h8-9,12,16H,3-7H2,1-2H3/t8-,9-,12?,13+,14-,15-/m0/s1. The van der Waals surface area contributed by atoms with E-state index in [1.807, 2.05) is 0 Å². The van der Waals surface area contributed by atoms with Gasteiger partial charge in [0.25, 0.3) is 6.29 Å². The Labute approximate surface area is 117 Å². The second-order valence-electron chi connectivity index (χ2n) is 7.60. The normalized spacial score (nSPS) is 56.2. The van der Waals surface area contributed by atoms with E-state index < -0.39 is 11.7 Å². The van der Waals surface area contributed by atoms with Crippen LogP contribution in [0.3, 0.4) is 0 Å². The first-order valence-corrected chi connectivity index (χ1v) is 7.38. The first-order chi connectivity index (χ1) is 9.37. The topological polar surface area (TPSA) is 72.8 Å². The molecule has 0 aromatic carbocycles. The van der Waals surface area contributed by atoms with Crippen LogP contribution in [0.4, 0.5) is 0 Å². The van der Waals surface area contributed by atoms with Gasteiger partial charge in [0, 0.05) is 6.61 Å². The molecule has 1 spiro atoms. The molecule has 2 saturated carbocycles. The zero-order chi connectivity index (χ0) is 14.3. The van der Waals surface area contributed by atoms with Crippen LogP contribution in [0.1, 0.15) is 39.5 Å². The summed E-state index contributed by atoms with van der Waals surface area (Å²) >= 11 is 0. The lowest BCUT2D eigenvalue weighted by atomic mass is 9.57. The summed E-state index contributed by atoms with van der Waals surface area (Å²) in [5.41, 5.74) is -0.998. The molecule has 0 amide bonds. The third kappa shape index (κ3) is 1.08. The highest BCUT2D eigenvalue weighted by Gasteiger charge is 2.81. The first-order valence-electron chi connectivity index (χ1n) is 7.38. The van der Waals surface area contributed by atoms with E-state index in [0.29, 0.717) is 6.42 Å². The molecule has 0 aromatic heterocycles. The lowest BCUT2D eigenvalue weighted by Crippen LogP contribution is -2.54. The number of aliphatic hydroxyl groups is 1. The molecule has 4 fully saturated rings. The van der Waals surface area contributed by atoms with E-state index >= 15 is 0 Å². The lowest BCUT2D eigenvalue weighted by molar-refractivity contribution is -0.229. The van der Waals surface area contributed by atoms with Gasteiger partial charge in [0.15, 0.2) is 0 Å². The van der Waals surface area contributed by atoms with Gasteiger partial charge < -0.3 is 14.6 Å². The third-order valence-electron chi connectivity index (χ3n) is 6.61. The van der Waals surface area contributed by atoms with Crippen LogP contribution in [-0.2, 0) is 19.1 Å². The molecule has 1 unspecified atom stereocenters.